The third-order valence-corrected chi connectivity index (χ3v) is 7.56. The number of anilines is 1. The molecule has 174 valence electrons. The van der Waals surface area contributed by atoms with Gasteiger partial charge in [-0.2, -0.15) is 4.98 Å². The quantitative estimate of drug-likeness (QED) is 0.332. The van der Waals surface area contributed by atoms with Crippen molar-refractivity contribution in [1.82, 2.24) is 4.98 Å². The van der Waals surface area contributed by atoms with Crippen molar-refractivity contribution in [3.63, 3.8) is 0 Å². The molecule has 0 unspecified atom stereocenters. The van der Waals surface area contributed by atoms with Crippen molar-refractivity contribution >= 4 is 33.2 Å². The van der Waals surface area contributed by atoms with E-state index in [1.54, 1.807) is 18.2 Å². The van der Waals surface area contributed by atoms with Crippen LogP contribution in [-0.4, -0.2) is 25.1 Å². The Morgan fingerprint density at radius 1 is 1.00 bits per heavy atom. The Balaban J connectivity index is 1.63. The lowest BCUT2D eigenvalue weighted by Crippen LogP contribution is -2.14. The topological polar surface area (TPSA) is 89.3 Å². The van der Waals surface area contributed by atoms with Crippen LogP contribution in [0, 0.1) is 19.7 Å². The molecular weight excluding hydrogens is 475 g/mol. The second kappa shape index (κ2) is 9.82. The Morgan fingerprint density at radius 2 is 1.65 bits per heavy atom. The predicted octanol–water partition coefficient (Wildman–Crippen LogP) is 5.66. The van der Waals surface area contributed by atoms with Crippen LogP contribution in [0.15, 0.2) is 92.2 Å². The smallest absolute Gasteiger partial charge is 0.234 e. The Hall–Kier alpha value is -3.43. The summed E-state index contributed by atoms with van der Waals surface area (Å²) in [5.41, 5.74) is 3.10. The molecule has 0 saturated carbocycles. The van der Waals surface area contributed by atoms with Gasteiger partial charge in [-0.3, -0.25) is 4.79 Å². The standard InChI is InChI=1S/C25H21FN2O4S2/c1-16-12-17(2)14-20(13-16)27-22(29)15-33-25-24(34(30,31)21-6-4-3-5-7-21)28-23(32-25)18-8-10-19(26)11-9-18/h3-14H,15H2,1-2H3,(H,27,29). The van der Waals surface area contributed by atoms with E-state index >= 15 is 0 Å². The van der Waals surface area contributed by atoms with Gasteiger partial charge in [-0.05, 0) is 73.5 Å². The number of nitrogens with one attached hydrogen (secondary N) is 1. The molecule has 0 fully saturated rings. The molecule has 1 amide bonds. The van der Waals surface area contributed by atoms with Crippen LogP contribution >= 0.6 is 11.8 Å². The van der Waals surface area contributed by atoms with Crippen LogP contribution in [-0.2, 0) is 14.6 Å². The molecule has 1 aromatic heterocycles. The van der Waals surface area contributed by atoms with Gasteiger partial charge < -0.3 is 9.73 Å². The molecule has 0 aliphatic rings. The molecule has 0 aliphatic carbocycles. The SMILES string of the molecule is Cc1cc(C)cc(NC(=O)CSc2oc(-c3ccc(F)cc3)nc2S(=O)(=O)c2ccccc2)c1. The first-order chi connectivity index (χ1) is 16.2. The van der Waals surface area contributed by atoms with E-state index in [0.29, 0.717) is 11.3 Å². The number of carbonyl (C=O) groups excluding carboxylic acids is 1. The molecule has 0 spiro atoms. The number of benzene rings is 3. The molecule has 0 radical (unpaired) electrons. The lowest BCUT2D eigenvalue weighted by atomic mass is 10.1. The number of rotatable bonds is 7. The first kappa shape index (κ1) is 23.7. The van der Waals surface area contributed by atoms with Crippen LogP contribution in [0.25, 0.3) is 11.5 Å². The minimum Gasteiger partial charge on any atom is -0.428 e. The zero-order valence-electron chi connectivity index (χ0n) is 18.4. The van der Waals surface area contributed by atoms with Gasteiger partial charge in [-0.25, -0.2) is 12.8 Å². The van der Waals surface area contributed by atoms with Gasteiger partial charge in [0, 0.05) is 11.3 Å². The van der Waals surface area contributed by atoms with E-state index in [1.807, 2.05) is 32.0 Å². The Kier molecular flexibility index (Phi) is 6.85. The van der Waals surface area contributed by atoms with Crippen molar-refractivity contribution in [2.45, 2.75) is 28.9 Å². The molecule has 1 N–H and O–H groups in total. The van der Waals surface area contributed by atoms with Gasteiger partial charge in [-0.15, -0.1) is 0 Å². The van der Waals surface area contributed by atoms with Crippen LogP contribution in [0.1, 0.15) is 11.1 Å². The molecule has 0 bridgehead atoms. The molecule has 4 aromatic rings. The predicted molar refractivity (Wildman–Crippen MR) is 129 cm³/mol. The minimum absolute atomic E-state index is 0.0150. The maximum absolute atomic E-state index is 13.3. The number of amides is 1. The maximum atomic E-state index is 13.3. The minimum atomic E-state index is -4.01. The van der Waals surface area contributed by atoms with Crippen LogP contribution in [0.5, 0.6) is 0 Å². The highest BCUT2D eigenvalue weighted by Crippen LogP contribution is 2.35. The number of nitrogens with zero attached hydrogens (tertiary/aromatic N) is 1. The van der Waals surface area contributed by atoms with E-state index < -0.39 is 15.7 Å². The first-order valence-corrected chi connectivity index (χ1v) is 12.8. The number of hydrogen-bond acceptors (Lipinski definition) is 6. The molecule has 0 saturated heterocycles. The van der Waals surface area contributed by atoms with Gasteiger partial charge in [0.25, 0.3) is 0 Å². The molecular formula is C25H21FN2O4S2. The summed E-state index contributed by atoms with van der Waals surface area (Å²) in [6, 6.07) is 18.9. The maximum Gasteiger partial charge on any atom is 0.234 e. The number of aromatic nitrogens is 1. The Labute approximate surface area is 201 Å². The highest BCUT2D eigenvalue weighted by Gasteiger charge is 2.29. The second-order valence-electron chi connectivity index (χ2n) is 7.65. The summed E-state index contributed by atoms with van der Waals surface area (Å²) in [5.74, 6) is -0.836. The van der Waals surface area contributed by atoms with E-state index in [2.05, 4.69) is 10.3 Å². The van der Waals surface area contributed by atoms with Gasteiger partial charge in [0.1, 0.15) is 5.82 Å². The van der Waals surface area contributed by atoms with Crippen LogP contribution < -0.4 is 5.32 Å². The molecule has 0 atom stereocenters. The van der Waals surface area contributed by atoms with E-state index in [1.165, 1.54) is 36.4 Å². The highest BCUT2D eigenvalue weighted by molar-refractivity contribution is 8.00. The average molecular weight is 497 g/mol. The van der Waals surface area contributed by atoms with Gasteiger partial charge in [0.15, 0.2) is 0 Å². The van der Waals surface area contributed by atoms with Crippen molar-refractivity contribution < 1.29 is 22.0 Å². The zero-order chi connectivity index (χ0) is 24.3. The number of aryl methyl sites for hydroxylation is 2. The fourth-order valence-electron chi connectivity index (χ4n) is 3.36. The second-order valence-corrected chi connectivity index (χ2v) is 10.5. The summed E-state index contributed by atoms with van der Waals surface area (Å²) in [5, 5.41) is 2.51. The summed E-state index contributed by atoms with van der Waals surface area (Å²) in [4.78, 5) is 16.8. The van der Waals surface area contributed by atoms with Gasteiger partial charge in [0.05, 0.1) is 10.6 Å². The average Bonchev–Trinajstić information content (AvgIpc) is 3.23. The highest BCUT2D eigenvalue weighted by atomic mass is 32.2. The Morgan fingerprint density at radius 3 is 2.29 bits per heavy atom. The molecule has 3 aromatic carbocycles. The van der Waals surface area contributed by atoms with Crippen molar-refractivity contribution in [2.24, 2.45) is 0 Å². The summed E-state index contributed by atoms with van der Waals surface area (Å²) in [6.07, 6.45) is 0. The van der Waals surface area contributed by atoms with E-state index in [0.717, 1.165) is 22.9 Å². The molecule has 1 heterocycles. The lowest BCUT2D eigenvalue weighted by Gasteiger charge is -2.07. The van der Waals surface area contributed by atoms with Gasteiger partial charge in [0.2, 0.25) is 31.8 Å². The van der Waals surface area contributed by atoms with Crippen molar-refractivity contribution in [3.05, 3.63) is 89.7 Å². The Bertz CT molecular complexity index is 1410. The molecule has 0 aliphatic heterocycles. The van der Waals surface area contributed by atoms with Crippen molar-refractivity contribution in [1.29, 1.82) is 0 Å². The summed E-state index contributed by atoms with van der Waals surface area (Å²) in [7, 11) is -4.01. The normalized spacial score (nSPS) is 11.4. The van der Waals surface area contributed by atoms with Gasteiger partial charge in [-0.1, -0.05) is 36.0 Å². The molecule has 34 heavy (non-hydrogen) atoms. The van der Waals surface area contributed by atoms with Crippen LogP contribution in [0.2, 0.25) is 0 Å². The number of oxazole rings is 1. The molecule has 9 heteroatoms. The van der Waals surface area contributed by atoms with Gasteiger partial charge >= 0.3 is 0 Å². The van der Waals surface area contributed by atoms with E-state index in [4.69, 9.17) is 4.42 Å². The number of thioether (sulfide) groups is 1. The third-order valence-electron chi connectivity index (χ3n) is 4.81. The largest absolute Gasteiger partial charge is 0.428 e. The summed E-state index contributed by atoms with van der Waals surface area (Å²) < 4.78 is 45.6. The lowest BCUT2D eigenvalue weighted by molar-refractivity contribution is -0.113. The molecule has 4 rings (SSSR count). The van der Waals surface area contributed by atoms with Crippen LogP contribution in [0.4, 0.5) is 10.1 Å². The third kappa shape index (κ3) is 5.37. The monoisotopic (exact) mass is 496 g/mol. The van der Waals surface area contributed by atoms with Crippen molar-refractivity contribution in [3.8, 4) is 11.5 Å². The number of carbonyl (C=O) groups is 1. The first-order valence-electron chi connectivity index (χ1n) is 10.3. The number of sulfone groups is 1. The van der Waals surface area contributed by atoms with Crippen LogP contribution in [0.3, 0.4) is 0 Å². The van der Waals surface area contributed by atoms with E-state index in [9.17, 15) is 17.6 Å². The summed E-state index contributed by atoms with van der Waals surface area (Å²) in [6.45, 7) is 3.87. The number of halogens is 1. The zero-order valence-corrected chi connectivity index (χ0v) is 20.0. The van der Waals surface area contributed by atoms with Crippen molar-refractivity contribution in [2.75, 3.05) is 11.1 Å². The van der Waals surface area contributed by atoms with E-state index in [-0.39, 0.29) is 32.6 Å². The summed E-state index contributed by atoms with van der Waals surface area (Å²) >= 11 is 0.929. The number of hydrogen-bond donors (Lipinski definition) is 1. The fourth-order valence-corrected chi connectivity index (χ4v) is 5.71. The fraction of sp³-hybridized carbons (Fsp3) is 0.120. The molecule has 6 nitrogen and oxygen atoms in total.